The van der Waals surface area contributed by atoms with Crippen LogP contribution in [0.4, 0.5) is 5.69 Å². The normalized spacial score (nSPS) is 17.0. The molecule has 2 aromatic carbocycles. The van der Waals surface area contributed by atoms with Crippen LogP contribution in [0.25, 0.3) is 0 Å². The molecule has 0 saturated heterocycles. The van der Waals surface area contributed by atoms with Crippen molar-refractivity contribution in [1.29, 1.82) is 0 Å². The number of ether oxygens (including phenoxy) is 1. The lowest BCUT2D eigenvalue weighted by molar-refractivity contribution is -0.136. The number of thiocarbonyl (C=S) groups is 1. The molecule has 0 fully saturated rings. The van der Waals surface area contributed by atoms with E-state index in [1.54, 1.807) is 11.8 Å². The van der Waals surface area contributed by atoms with Crippen LogP contribution in [-0.2, 0) is 9.53 Å². The number of allylic oxidation sites excluding steroid dienone is 1. The number of carbonyl (C=O) groups is 1. The summed E-state index contributed by atoms with van der Waals surface area (Å²) < 4.78 is 5.09. The monoisotopic (exact) mass is 398 g/mol. The summed E-state index contributed by atoms with van der Waals surface area (Å²) in [4.78, 5) is 15.7. The summed E-state index contributed by atoms with van der Waals surface area (Å²) in [5, 5.41) is 3.89. The van der Waals surface area contributed by atoms with Gasteiger partial charge in [-0.2, -0.15) is 0 Å². The Labute approximate surface area is 169 Å². The minimum atomic E-state index is -0.362. The maximum absolute atomic E-state index is 12.6. The molecule has 0 aromatic heterocycles. The van der Waals surface area contributed by atoms with Crippen LogP contribution < -0.4 is 10.2 Å². The van der Waals surface area contributed by atoms with Gasteiger partial charge in [-0.05, 0) is 67.7 Å². The van der Waals surface area contributed by atoms with E-state index < -0.39 is 0 Å². The molecule has 6 heteroatoms. The van der Waals surface area contributed by atoms with Gasteiger partial charge in [-0.15, -0.1) is 11.8 Å². The average molecular weight is 399 g/mol. The molecule has 0 bridgehead atoms. The molecule has 0 saturated carbocycles. The molecule has 0 radical (unpaired) electrons. The molecule has 1 N–H and O–H groups in total. The molecule has 140 valence electrons. The van der Waals surface area contributed by atoms with Gasteiger partial charge in [0.25, 0.3) is 0 Å². The summed E-state index contributed by atoms with van der Waals surface area (Å²) in [5.41, 5.74) is 4.35. The highest BCUT2D eigenvalue weighted by atomic mass is 32.2. The highest BCUT2D eigenvalue weighted by Gasteiger charge is 2.35. The zero-order valence-corrected chi connectivity index (χ0v) is 17.4. The number of anilines is 1. The lowest BCUT2D eigenvalue weighted by Gasteiger charge is -2.37. The number of carbonyl (C=O) groups excluding carboxylic acids is 1. The van der Waals surface area contributed by atoms with E-state index in [0.717, 1.165) is 22.5 Å². The third kappa shape index (κ3) is 3.87. The second-order valence-electron chi connectivity index (χ2n) is 6.32. The largest absolute Gasteiger partial charge is 0.466 e. The van der Waals surface area contributed by atoms with Crippen molar-refractivity contribution in [3.8, 4) is 0 Å². The first kappa shape index (κ1) is 19.5. The van der Waals surface area contributed by atoms with Gasteiger partial charge < -0.3 is 10.1 Å². The van der Waals surface area contributed by atoms with Crippen LogP contribution in [0.15, 0.2) is 64.7 Å². The number of hydrogen-bond acceptors (Lipinski definition) is 4. The van der Waals surface area contributed by atoms with Gasteiger partial charge in [0.05, 0.1) is 18.7 Å². The molecular formula is C21H22N2O2S2. The highest BCUT2D eigenvalue weighted by molar-refractivity contribution is 7.98. The van der Waals surface area contributed by atoms with E-state index in [9.17, 15) is 4.79 Å². The molecule has 0 unspecified atom stereocenters. The number of methoxy groups -OCH3 is 1. The molecule has 2 aromatic rings. The summed E-state index contributed by atoms with van der Waals surface area (Å²) in [6.07, 6.45) is 2.03. The van der Waals surface area contributed by atoms with Crippen LogP contribution in [0, 0.1) is 6.92 Å². The van der Waals surface area contributed by atoms with Gasteiger partial charge in [0.15, 0.2) is 5.11 Å². The molecule has 27 heavy (non-hydrogen) atoms. The summed E-state index contributed by atoms with van der Waals surface area (Å²) in [7, 11) is 1.40. The van der Waals surface area contributed by atoms with Gasteiger partial charge in [0.1, 0.15) is 0 Å². The number of nitrogens with zero attached hydrogens (tertiary/aromatic N) is 1. The molecule has 0 aliphatic carbocycles. The van der Waals surface area contributed by atoms with Crippen molar-refractivity contribution in [3.05, 3.63) is 70.9 Å². The Hall–Kier alpha value is -2.31. The van der Waals surface area contributed by atoms with Crippen LogP contribution >= 0.6 is 24.0 Å². The van der Waals surface area contributed by atoms with E-state index in [2.05, 4.69) is 5.32 Å². The van der Waals surface area contributed by atoms with Crippen LogP contribution in [0.5, 0.6) is 0 Å². The fourth-order valence-electron chi connectivity index (χ4n) is 3.24. The van der Waals surface area contributed by atoms with Crippen LogP contribution in [0.1, 0.15) is 24.1 Å². The third-order valence-electron chi connectivity index (χ3n) is 4.60. The molecular weight excluding hydrogens is 376 g/mol. The van der Waals surface area contributed by atoms with Gasteiger partial charge in [-0.25, -0.2) is 4.79 Å². The van der Waals surface area contributed by atoms with Crippen molar-refractivity contribution >= 4 is 40.7 Å². The van der Waals surface area contributed by atoms with Crippen molar-refractivity contribution in [2.45, 2.75) is 24.8 Å². The van der Waals surface area contributed by atoms with Crippen molar-refractivity contribution in [2.75, 3.05) is 18.3 Å². The molecule has 1 aliphatic rings. The Kier molecular flexibility index (Phi) is 5.87. The quantitative estimate of drug-likeness (QED) is 0.461. The van der Waals surface area contributed by atoms with Gasteiger partial charge in [-0.3, -0.25) is 4.90 Å². The van der Waals surface area contributed by atoms with Crippen molar-refractivity contribution < 1.29 is 9.53 Å². The Balaban J connectivity index is 2.11. The van der Waals surface area contributed by atoms with E-state index in [-0.39, 0.29) is 12.0 Å². The fraction of sp³-hybridized carbons (Fsp3) is 0.238. The summed E-state index contributed by atoms with van der Waals surface area (Å²) in [5.74, 6) is -0.362. The number of hydrogen-bond donors (Lipinski definition) is 1. The zero-order valence-electron chi connectivity index (χ0n) is 15.8. The Morgan fingerprint density at radius 1 is 1.19 bits per heavy atom. The molecule has 1 aliphatic heterocycles. The summed E-state index contributed by atoms with van der Waals surface area (Å²) >= 11 is 7.33. The minimum Gasteiger partial charge on any atom is -0.466 e. The standard InChI is InChI=1S/C21H22N2O2S2/c1-13-6-5-7-16(12-13)23-14(2)18(20(24)25-3)19(22-21(23)26)15-8-10-17(27-4)11-9-15/h5-12,19H,1-4H3,(H,22,26)/t19-/m1/s1. The van der Waals surface area contributed by atoms with Crippen molar-refractivity contribution in [3.63, 3.8) is 0 Å². The Bertz CT molecular complexity index is 907. The SMILES string of the molecule is COC(=O)C1=C(C)N(c2cccc(C)c2)C(=S)N[C@@H]1c1ccc(SC)cc1. The zero-order chi connectivity index (χ0) is 19.6. The van der Waals surface area contributed by atoms with E-state index in [4.69, 9.17) is 17.0 Å². The Morgan fingerprint density at radius 2 is 1.89 bits per heavy atom. The van der Waals surface area contributed by atoms with E-state index >= 15 is 0 Å². The predicted molar refractivity (Wildman–Crippen MR) is 115 cm³/mol. The van der Waals surface area contributed by atoms with Crippen molar-refractivity contribution in [2.24, 2.45) is 0 Å². The lowest BCUT2D eigenvalue weighted by Crippen LogP contribution is -2.48. The maximum Gasteiger partial charge on any atom is 0.337 e. The van der Waals surface area contributed by atoms with E-state index in [1.165, 1.54) is 12.0 Å². The van der Waals surface area contributed by atoms with Crippen molar-refractivity contribution in [1.82, 2.24) is 5.32 Å². The highest BCUT2D eigenvalue weighted by Crippen LogP contribution is 2.34. The number of esters is 1. The first-order chi connectivity index (χ1) is 13.0. The number of benzene rings is 2. The fourth-order valence-corrected chi connectivity index (χ4v) is 4.01. The summed E-state index contributed by atoms with van der Waals surface area (Å²) in [6.45, 7) is 3.94. The van der Waals surface area contributed by atoms with E-state index in [1.807, 2.05) is 73.5 Å². The first-order valence-corrected chi connectivity index (χ1v) is 10.2. The smallest absolute Gasteiger partial charge is 0.337 e. The second-order valence-corrected chi connectivity index (χ2v) is 7.59. The predicted octanol–water partition coefficient (Wildman–Crippen LogP) is 4.60. The average Bonchev–Trinajstić information content (AvgIpc) is 2.67. The minimum absolute atomic E-state index is 0.345. The number of rotatable bonds is 4. The lowest BCUT2D eigenvalue weighted by atomic mass is 9.95. The first-order valence-electron chi connectivity index (χ1n) is 8.56. The van der Waals surface area contributed by atoms with Gasteiger partial charge >= 0.3 is 5.97 Å². The molecule has 1 heterocycles. The van der Waals surface area contributed by atoms with Crippen LogP contribution in [-0.4, -0.2) is 24.4 Å². The topological polar surface area (TPSA) is 41.6 Å². The molecule has 1 atom stereocenters. The molecule has 0 spiro atoms. The van der Waals surface area contributed by atoms with Gasteiger partial charge in [-0.1, -0.05) is 24.3 Å². The van der Waals surface area contributed by atoms with E-state index in [0.29, 0.717) is 10.7 Å². The van der Waals surface area contributed by atoms with Crippen LogP contribution in [0.2, 0.25) is 0 Å². The Morgan fingerprint density at radius 3 is 2.48 bits per heavy atom. The van der Waals surface area contributed by atoms with Crippen LogP contribution in [0.3, 0.4) is 0 Å². The number of nitrogens with one attached hydrogen (secondary N) is 1. The van der Waals surface area contributed by atoms with Gasteiger partial charge in [0.2, 0.25) is 0 Å². The number of thioether (sulfide) groups is 1. The molecule has 3 rings (SSSR count). The maximum atomic E-state index is 12.6. The van der Waals surface area contributed by atoms with Gasteiger partial charge in [0, 0.05) is 16.3 Å². The summed E-state index contributed by atoms with van der Waals surface area (Å²) in [6, 6.07) is 15.8. The molecule has 0 amide bonds. The molecule has 4 nitrogen and oxygen atoms in total. The number of aryl methyl sites for hydroxylation is 1. The third-order valence-corrected chi connectivity index (χ3v) is 5.64. The second kappa shape index (κ2) is 8.15.